The lowest BCUT2D eigenvalue weighted by molar-refractivity contribution is 0.0645. The Bertz CT molecular complexity index is 248. The molecule has 3 heteroatoms. The van der Waals surface area contributed by atoms with Crippen LogP contribution < -0.4 is 0 Å². The minimum absolute atomic E-state index is 0.263. The predicted octanol–water partition coefficient (Wildman–Crippen LogP) is 1.86. The molecule has 0 aromatic rings. The quantitative estimate of drug-likeness (QED) is 0.660. The van der Waals surface area contributed by atoms with Crippen LogP contribution in [-0.2, 0) is 9.47 Å². The first-order valence-electron chi connectivity index (χ1n) is 5.86. The van der Waals surface area contributed by atoms with Gasteiger partial charge in [0.05, 0.1) is 19.3 Å². The van der Waals surface area contributed by atoms with Gasteiger partial charge in [0, 0.05) is 20.2 Å². The van der Waals surface area contributed by atoms with E-state index in [-0.39, 0.29) is 6.10 Å². The van der Waals surface area contributed by atoms with Gasteiger partial charge in [0.2, 0.25) is 0 Å². The van der Waals surface area contributed by atoms with Crippen LogP contribution in [0.25, 0.3) is 0 Å². The van der Waals surface area contributed by atoms with Crippen molar-refractivity contribution in [2.24, 2.45) is 0 Å². The first-order valence-corrected chi connectivity index (χ1v) is 5.86. The Balaban J connectivity index is 2.05. The van der Waals surface area contributed by atoms with Crippen molar-refractivity contribution in [1.82, 2.24) is 4.90 Å². The summed E-state index contributed by atoms with van der Waals surface area (Å²) < 4.78 is 10.8. The lowest BCUT2D eigenvalue weighted by Crippen LogP contribution is -2.28. The molecule has 0 radical (unpaired) electrons. The number of methoxy groups -OCH3 is 1. The highest BCUT2D eigenvalue weighted by molar-refractivity contribution is 5.21. The van der Waals surface area contributed by atoms with Crippen LogP contribution >= 0.6 is 0 Å². The largest absolute Gasteiger partial charge is 0.383 e. The fraction of sp³-hybridized carbons (Fsp3) is 0.692. The maximum absolute atomic E-state index is 5.77. The Kier molecular flexibility index (Phi) is 6.38. The maximum atomic E-state index is 5.77. The van der Waals surface area contributed by atoms with Gasteiger partial charge >= 0.3 is 0 Å². The van der Waals surface area contributed by atoms with Crippen molar-refractivity contribution in [3.05, 3.63) is 23.8 Å². The van der Waals surface area contributed by atoms with Crippen LogP contribution in [-0.4, -0.2) is 51.5 Å². The lowest BCUT2D eigenvalue weighted by Gasteiger charge is -2.19. The number of hydrogen-bond donors (Lipinski definition) is 0. The first-order chi connectivity index (χ1) is 7.72. The summed E-state index contributed by atoms with van der Waals surface area (Å²) in [5.74, 6) is 0. The SMILES string of the molecule is COCCN(C)CCOC1C=CC(C)=CC1. The van der Waals surface area contributed by atoms with Crippen molar-refractivity contribution in [1.29, 1.82) is 0 Å². The van der Waals surface area contributed by atoms with E-state index in [0.717, 1.165) is 32.7 Å². The van der Waals surface area contributed by atoms with Gasteiger partial charge in [-0.3, -0.25) is 0 Å². The fourth-order valence-electron chi connectivity index (χ4n) is 1.55. The first kappa shape index (κ1) is 13.4. The van der Waals surface area contributed by atoms with Gasteiger partial charge in [-0.25, -0.2) is 0 Å². The van der Waals surface area contributed by atoms with Gasteiger partial charge in [-0.1, -0.05) is 23.8 Å². The van der Waals surface area contributed by atoms with Crippen molar-refractivity contribution < 1.29 is 9.47 Å². The summed E-state index contributed by atoms with van der Waals surface area (Å²) in [4.78, 5) is 2.22. The van der Waals surface area contributed by atoms with Gasteiger partial charge in [-0.15, -0.1) is 0 Å². The van der Waals surface area contributed by atoms with Crippen LogP contribution in [0.3, 0.4) is 0 Å². The summed E-state index contributed by atoms with van der Waals surface area (Å²) in [5.41, 5.74) is 1.33. The van der Waals surface area contributed by atoms with Crippen LogP contribution in [0.1, 0.15) is 13.3 Å². The highest BCUT2D eigenvalue weighted by Gasteiger charge is 2.07. The molecule has 0 spiro atoms. The number of hydrogen-bond acceptors (Lipinski definition) is 3. The molecule has 1 aliphatic carbocycles. The lowest BCUT2D eigenvalue weighted by atomic mass is 10.1. The molecule has 0 bridgehead atoms. The van der Waals surface area contributed by atoms with Crippen LogP contribution in [0.5, 0.6) is 0 Å². The second-order valence-corrected chi connectivity index (χ2v) is 4.25. The molecule has 0 saturated carbocycles. The fourth-order valence-corrected chi connectivity index (χ4v) is 1.55. The molecular formula is C13H23NO2. The van der Waals surface area contributed by atoms with Gasteiger partial charge in [-0.2, -0.15) is 0 Å². The van der Waals surface area contributed by atoms with Gasteiger partial charge in [-0.05, 0) is 20.4 Å². The van der Waals surface area contributed by atoms with Gasteiger partial charge in [0.15, 0.2) is 0 Å². The molecule has 1 aliphatic rings. The predicted molar refractivity (Wildman–Crippen MR) is 66.6 cm³/mol. The molecule has 1 rings (SSSR count). The number of likely N-dealkylation sites (N-methyl/N-ethyl adjacent to an activating group) is 1. The van der Waals surface area contributed by atoms with E-state index in [2.05, 4.69) is 37.1 Å². The molecule has 0 aliphatic heterocycles. The average molecular weight is 225 g/mol. The van der Waals surface area contributed by atoms with Crippen molar-refractivity contribution in [2.45, 2.75) is 19.4 Å². The average Bonchev–Trinajstić information content (AvgIpc) is 2.29. The van der Waals surface area contributed by atoms with Crippen LogP contribution in [0.4, 0.5) is 0 Å². The maximum Gasteiger partial charge on any atom is 0.0794 e. The molecule has 0 fully saturated rings. The summed E-state index contributed by atoms with van der Waals surface area (Å²) in [7, 11) is 3.81. The Labute approximate surface area is 98.7 Å². The topological polar surface area (TPSA) is 21.7 Å². The molecule has 3 nitrogen and oxygen atoms in total. The minimum atomic E-state index is 0.263. The summed E-state index contributed by atoms with van der Waals surface area (Å²) in [6.45, 7) is 5.59. The van der Waals surface area contributed by atoms with Gasteiger partial charge in [0.25, 0.3) is 0 Å². The highest BCUT2D eigenvalue weighted by atomic mass is 16.5. The van der Waals surface area contributed by atoms with Crippen molar-refractivity contribution in [2.75, 3.05) is 40.5 Å². The molecule has 16 heavy (non-hydrogen) atoms. The van der Waals surface area contributed by atoms with Crippen LogP contribution in [0.2, 0.25) is 0 Å². The zero-order valence-electron chi connectivity index (χ0n) is 10.6. The normalized spacial score (nSPS) is 20.2. The number of allylic oxidation sites excluding steroid dienone is 2. The van der Waals surface area contributed by atoms with E-state index in [9.17, 15) is 0 Å². The summed E-state index contributed by atoms with van der Waals surface area (Å²) in [5, 5.41) is 0. The zero-order chi connectivity index (χ0) is 11.8. The summed E-state index contributed by atoms with van der Waals surface area (Å²) in [6, 6.07) is 0. The smallest absolute Gasteiger partial charge is 0.0794 e. The standard InChI is InChI=1S/C13H23NO2/c1-12-4-6-13(7-5-12)16-11-9-14(2)8-10-15-3/h4-6,13H,7-11H2,1-3H3. The third-order valence-electron chi connectivity index (χ3n) is 2.73. The third-order valence-corrected chi connectivity index (χ3v) is 2.73. The minimum Gasteiger partial charge on any atom is -0.383 e. The van der Waals surface area contributed by atoms with E-state index >= 15 is 0 Å². The molecular weight excluding hydrogens is 202 g/mol. The molecule has 1 unspecified atom stereocenters. The molecule has 0 heterocycles. The second kappa shape index (κ2) is 7.60. The van der Waals surface area contributed by atoms with E-state index < -0.39 is 0 Å². The molecule has 0 aromatic heterocycles. The van der Waals surface area contributed by atoms with Crippen molar-refractivity contribution in [3.8, 4) is 0 Å². The molecule has 0 aromatic carbocycles. The van der Waals surface area contributed by atoms with Crippen molar-refractivity contribution in [3.63, 3.8) is 0 Å². The Morgan fingerprint density at radius 3 is 2.75 bits per heavy atom. The van der Waals surface area contributed by atoms with Gasteiger partial charge in [0.1, 0.15) is 0 Å². The van der Waals surface area contributed by atoms with Crippen LogP contribution in [0.15, 0.2) is 23.8 Å². The van der Waals surface area contributed by atoms with E-state index in [1.165, 1.54) is 5.57 Å². The monoisotopic (exact) mass is 225 g/mol. The highest BCUT2D eigenvalue weighted by Crippen LogP contribution is 2.12. The zero-order valence-corrected chi connectivity index (χ0v) is 10.6. The van der Waals surface area contributed by atoms with Crippen LogP contribution in [0, 0.1) is 0 Å². The van der Waals surface area contributed by atoms with E-state index in [0.29, 0.717) is 0 Å². The number of rotatable bonds is 7. The molecule has 92 valence electrons. The Hall–Kier alpha value is -0.640. The van der Waals surface area contributed by atoms with Gasteiger partial charge < -0.3 is 14.4 Å². The Morgan fingerprint density at radius 2 is 2.12 bits per heavy atom. The second-order valence-electron chi connectivity index (χ2n) is 4.25. The molecule has 1 atom stereocenters. The third kappa shape index (κ3) is 5.45. The van der Waals surface area contributed by atoms with E-state index in [1.54, 1.807) is 7.11 Å². The number of ether oxygens (including phenoxy) is 2. The van der Waals surface area contributed by atoms with E-state index in [1.807, 2.05) is 0 Å². The van der Waals surface area contributed by atoms with E-state index in [4.69, 9.17) is 9.47 Å². The molecule has 0 amide bonds. The van der Waals surface area contributed by atoms with Crippen molar-refractivity contribution >= 4 is 0 Å². The summed E-state index contributed by atoms with van der Waals surface area (Å²) >= 11 is 0. The summed E-state index contributed by atoms with van der Waals surface area (Å²) in [6.07, 6.45) is 7.76. The molecule has 0 saturated heterocycles. The molecule has 0 N–H and O–H groups in total. The Morgan fingerprint density at radius 1 is 1.38 bits per heavy atom. The number of nitrogens with zero attached hydrogens (tertiary/aromatic N) is 1.